The number of hydrogen-bond donors (Lipinski definition) is 1. The van der Waals surface area contributed by atoms with Gasteiger partial charge < -0.3 is 0 Å². The zero-order valence-corrected chi connectivity index (χ0v) is 11.8. The van der Waals surface area contributed by atoms with Gasteiger partial charge in [0.15, 0.2) is 0 Å². The summed E-state index contributed by atoms with van der Waals surface area (Å²) in [5.74, 6) is 0.0878. The van der Waals surface area contributed by atoms with Crippen LogP contribution in [0.15, 0.2) is 5.38 Å². The maximum absolute atomic E-state index is 12.2. The lowest BCUT2D eigenvalue weighted by Gasteiger charge is -2.33. The number of thiazole rings is 1. The smallest absolute Gasteiger partial charge is 0.230 e. The third-order valence-electron chi connectivity index (χ3n) is 4.33. The van der Waals surface area contributed by atoms with Gasteiger partial charge in [0.1, 0.15) is 0 Å². The third kappa shape index (κ3) is 2.43. The van der Waals surface area contributed by atoms with E-state index >= 15 is 0 Å². The van der Waals surface area contributed by atoms with E-state index in [2.05, 4.69) is 10.3 Å². The standard InChI is InChI=1S/C14H18N2O2S/c1-8-15-11(7-19-8)10-6-12(17)16-14(18)13(10)9-4-2-3-5-9/h7,9-10,13H,2-6H2,1H3,(H,16,17,18). The van der Waals surface area contributed by atoms with Crippen LogP contribution in [-0.4, -0.2) is 16.8 Å². The SMILES string of the molecule is Cc1nc(C2CC(=O)NC(=O)C2C2CCCC2)cs1. The molecule has 1 saturated carbocycles. The number of nitrogens with zero attached hydrogens (tertiary/aromatic N) is 1. The number of piperidine rings is 1. The molecule has 0 bridgehead atoms. The van der Waals surface area contributed by atoms with E-state index < -0.39 is 0 Å². The third-order valence-corrected chi connectivity index (χ3v) is 5.12. The van der Waals surface area contributed by atoms with E-state index in [9.17, 15) is 9.59 Å². The summed E-state index contributed by atoms with van der Waals surface area (Å²) in [6.07, 6.45) is 5.00. The molecule has 2 atom stereocenters. The fourth-order valence-electron chi connectivity index (χ4n) is 3.48. The number of aromatic nitrogens is 1. The minimum atomic E-state index is -0.157. The molecular weight excluding hydrogens is 260 g/mol. The van der Waals surface area contributed by atoms with Crippen molar-refractivity contribution < 1.29 is 9.59 Å². The lowest BCUT2D eigenvalue weighted by atomic mass is 9.75. The van der Waals surface area contributed by atoms with Crippen molar-refractivity contribution in [3.63, 3.8) is 0 Å². The van der Waals surface area contributed by atoms with Gasteiger partial charge in [-0.25, -0.2) is 4.98 Å². The number of nitrogens with one attached hydrogen (secondary N) is 1. The molecule has 2 aliphatic rings. The first kappa shape index (κ1) is 12.8. The molecule has 0 aromatic carbocycles. The lowest BCUT2D eigenvalue weighted by Crippen LogP contribution is -2.47. The molecule has 1 aromatic heterocycles. The molecule has 102 valence electrons. The molecule has 1 N–H and O–H groups in total. The van der Waals surface area contributed by atoms with Crippen molar-refractivity contribution in [1.29, 1.82) is 0 Å². The molecule has 1 aliphatic carbocycles. The molecule has 1 aromatic rings. The second-order valence-corrected chi connectivity index (χ2v) is 6.65. The normalized spacial score (nSPS) is 28.7. The van der Waals surface area contributed by atoms with Crippen molar-refractivity contribution in [2.75, 3.05) is 0 Å². The monoisotopic (exact) mass is 278 g/mol. The molecule has 1 saturated heterocycles. The van der Waals surface area contributed by atoms with E-state index in [0.717, 1.165) is 23.5 Å². The van der Waals surface area contributed by atoms with E-state index in [4.69, 9.17) is 0 Å². The summed E-state index contributed by atoms with van der Waals surface area (Å²) in [6.45, 7) is 1.96. The molecule has 3 rings (SSSR count). The Hall–Kier alpha value is -1.23. The van der Waals surface area contributed by atoms with E-state index in [1.807, 2.05) is 12.3 Å². The van der Waals surface area contributed by atoms with E-state index in [1.165, 1.54) is 12.8 Å². The quantitative estimate of drug-likeness (QED) is 0.845. The van der Waals surface area contributed by atoms with Crippen LogP contribution in [0.4, 0.5) is 0 Å². The van der Waals surface area contributed by atoms with E-state index in [-0.39, 0.29) is 23.7 Å². The van der Waals surface area contributed by atoms with Gasteiger partial charge in [0.05, 0.1) is 16.6 Å². The highest BCUT2D eigenvalue weighted by Crippen LogP contribution is 2.42. The molecule has 2 fully saturated rings. The molecule has 0 spiro atoms. The molecular formula is C14H18N2O2S. The van der Waals surface area contributed by atoms with Gasteiger partial charge in [-0.3, -0.25) is 14.9 Å². The van der Waals surface area contributed by atoms with Gasteiger partial charge in [-0.2, -0.15) is 0 Å². The van der Waals surface area contributed by atoms with Crippen molar-refractivity contribution in [3.8, 4) is 0 Å². The minimum Gasteiger partial charge on any atom is -0.296 e. The fourth-order valence-corrected chi connectivity index (χ4v) is 4.16. The number of imide groups is 1. The number of rotatable bonds is 2. The summed E-state index contributed by atoms with van der Waals surface area (Å²) in [6, 6.07) is 0. The second-order valence-electron chi connectivity index (χ2n) is 5.58. The Morgan fingerprint density at radius 1 is 1.32 bits per heavy atom. The Labute approximate surface area is 116 Å². The lowest BCUT2D eigenvalue weighted by molar-refractivity contribution is -0.138. The molecule has 2 amide bonds. The summed E-state index contributed by atoms with van der Waals surface area (Å²) in [4.78, 5) is 28.4. The molecule has 19 heavy (non-hydrogen) atoms. The highest BCUT2D eigenvalue weighted by Gasteiger charge is 2.43. The van der Waals surface area contributed by atoms with Crippen molar-refractivity contribution in [1.82, 2.24) is 10.3 Å². The Balaban J connectivity index is 1.91. The first-order valence-electron chi connectivity index (χ1n) is 6.91. The van der Waals surface area contributed by atoms with Crippen molar-refractivity contribution in [2.24, 2.45) is 11.8 Å². The van der Waals surface area contributed by atoms with Gasteiger partial charge in [0.25, 0.3) is 0 Å². The zero-order chi connectivity index (χ0) is 13.4. The van der Waals surface area contributed by atoms with Gasteiger partial charge in [0, 0.05) is 17.7 Å². The van der Waals surface area contributed by atoms with Crippen LogP contribution in [0.2, 0.25) is 0 Å². The molecule has 0 radical (unpaired) electrons. The maximum Gasteiger partial charge on any atom is 0.230 e. The van der Waals surface area contributed by atoms with E-state index in [1.54, 1.807) is 11.3 Å². The Kier molecular flexibility index (Phi) is 3.39. The zero-order valence-electron chi connectivity index (χ0n) is 11.0. The highest BCUT2D eigenvalue weighted by molar-refractivity contribution is 7.09. The largest absolute Gasteiger partial charge is 0.296 e. The fraction of sp³-hybridized carbons (Fsp3) is 0.643. The first-order valence-corrected chi connectivity index (χ1v) is 7.79. The highest BCUT2D eigenvalue weighted by atomic mass is 32.1. The van der Waals surface area contributed by atoms with Gasteiger partial charge in [-0.05, 0) is 25.7 Å². The Morgan fingerprint density at radius 2 is 2.05 bits per heavy atom. The van der Waals surface area contributed by atoms with Crippen LogP contribution >= 0.6 is 11.3 Å². The van der Waals surface area contributed by atoms with Crippen LogP contribution in [0.5, 0.6) is 0 Å². The Morgan fingerprint density at radius 3 is 2.68 bits per heavy atom. The van der Waals surface area contributed by atoms with Gasteiger partial charge >= 0.3 is 0 Å². The number of aryl methyl sites for hydroxylation is 1. The molecule has 2 unspecified atom stereocenters. The topological polar surface area (TPSA) is 59.1 Å². The molecule has 1 aliphatic heterocycles. The van der Waals surface area contributed by atoms with Crippen molar-refractivity contribution >= 4 is 23.2 Å². The van der Waals surface area contributed by atoms with Gasteiger partial charge in [-0.15, -0.1) is 11.3 Å². The van der Waals surface area contributed by atoms with Crippen LogP contribution in [0, 0.1) is 18.8 Å². The van der Waals surface area contributed by atoms with Crippen molar-refractivity contribution in [2.45, 2.75) is 44.9 Å². The minimum absolute atomic E-state index is 0.0192. The summed E-state index contributed by atoms with van der Waals surface area (Å²) in [7, 11) is 0. The predicted octanol–water partition coefficient (Wildman–Crippen LogP) is 2.39. The summed E-state index contributed by atoms with van der Waals surface area (Å²) >= 11 is 1.59. The van der Waals surface area contributed by atoms with Crippen LogP contribution in [0.3, 0.4) is 0 Å². The number of amides is 2. The average Bonchev–Trinajstić information content (AvgIpc) is 2.99. The van der Waals surface area contributed by atoms with Gasteiger partial charge in [0.2, 0.25) is 11.8 Å². The van der Waals surface area contributed by atoms with Crippen LogP contribution < -0.4 is 5.32 Å². The molecule has 4 nitrogen and oxygen atoms in total. The summed E-state index contributed by atoms with van der Waals surface area (Å²) < 4.78 is 0. The number of hydrogen-bond acceptors (Lipinski definition) is 4. The molecule has 5 heteroatoms. The molecule has 2 heterocycles. The predicted molar refractivity (Wildman–Crippen MR) is 72.8 cm³/mol. The average molecular weight is 278 g/mol. The second kappa shape index (κ2) is 5.04. The summed E-state index contributed by atoms with van der Waals surface area (Å²) in [5, 5.41) is 5.52. The summed E-state index contributed by atoms with van der Waals surface area (Å²) in [5.41, 5.74) is 0.933. The van der Waals surface area contributed by atoms with Crippen LogP contribution in [-0.2, 0) is 9.59 Å². The van der Waals surface area contributed by atoms with E-state index in [0.29, 0.717) is 12.3 Å². The number of carbonyl (C=O) groups excluding carboxylic acids is 2. The Bertz CT molecular complexity index is 505. The van der Waals surface area contributed by atoms with Crippen LogP contribution in [0.25, 0.3) is 0 Å². The number of carbonyl (C=O) groups is 2. The van der Waals surface area contributed by atoms with Gasteiger partial charge in [-0.1, -0.05) is 12.8 Å². The first-order chi connectivity index (χ1) is 9.15. The maximum atomic E-state index is 12.2. The van der Waals surface area contributed by atoms with Crippen LogP contribution in [0.1, 0.15) is 48.7 Å². The van der Waals surface area contributed by atoms with Crippen molar-refractivity contribution in [3.05, 3.63) is 16.1 Å².